The van der Waals surface area contributed by atoms with Crippen molar-refractivity contribution in [1.29, 1.82) is 5.26 Å². The Balaban J connectivity index is 1.74. The number of aryl methyl sites for hydroxylation is 1. The number of fused-ring (bicyclic) bond motifs is 2. The first-order valence-electron chi connectivity index (χ1n) is 8.81. The van der Waals surface area contributed by atoms with Crippen molar-refractivity contribution in [2.45, 2.75) is 26.8 Å². The maximum absolute atomic E-state index is 13.6. The van der Waals surface area contributed by atoms with Crippen molar-refractivity contribution in [1.82, 2.24) is 9.97 Å². The van der Waals surface area contributed by atoms with E-state index in [1.54, 1.807) is 18.2 Å². The summed E-state index contributed by atoms with van der Waals surface area (Å²) in [5, 5.41) is 13.2. The minimum Gasteiger partial charge on any atom is -0.459 e. The molecular weight excluding hydrogens is 343 g/mol. The lowest BCUT2D eigenvalue weighted by Gasteiger charge is -2.20. The highest BCUT2D eigenvalue weighted by Crippen LogP contribution is 2.35. The van der Waals surface area contributed by atoms with Crippen molar-refractivity contribution in [3.05, 3.63) is 59.1 Å². The van der Waals surface area contributed by atoms with Crippen molar-refractivity contribution < 1.29 is 8.81 Å². The Bertz CT molecular complexity index is 1180. The molecule has 6 heteroatoms. The second-order valence-electron chi connectivity index (χ2n) is 7.03. The number of benzene rings is 2. The van der Waals surface area contributed by atoms with Gasteiger partial charge in [0.05, 0.1) is 28.7 Å². The minimum atomic E-state index is -0.280. The van der Waals surface area contributed by atoms with Crippen LogP contribution in [0.25, 0.3) is 22.0 Å². The lowest BCUT2D eigenvalue weighted by atomic mass is 9.98. The summed E-state index contributed by atoms with van der Waals surface area (Å²) in [5.74, 6) is 1.29. The summed E-state index contributed by atoms with van der Waals surface area (Å²) in [4.78, 5) is 7.77. The van der Waals surface area contributed by atoms with Gasteiger partial charge in [-0.15, -0.1) is 0 Å². The number of H-pyrrole nitrogens is 1. The van der Waals surface area contributed by atoms with E-state index in [2.05, 4.69) is 35.2 Å². The number of nitriles is 1. The number of nitrogens with zero attached hydrogens (tertiary/aromatic N) is 2. The van der Waals surface area contributed by atoms with Crippen LogP contribution in [0.15, 0.2) is 40.8 Å². The Kier molecular flexibility index (Phi) is 4.08. The molecule has 0 aliphatic rings. The van der Waals surface area contributed by atoms with Crippen LogP contribution in [0.5, 0.6) is 0 Å². The van der Waals surface area contributed by atoms with E-state index in [-0.39, 0.29) is 17.8 Å². The van der Waals surface area contributed by atoms with Gasteiger partial charge in [-0.05, 0) is 49.2 Å². The van der Waals surface area contributed by atoms with Crippen LogP contribution < -0.4 is 5.32 Å². The van der Waals surface area contributed by atoms with E-state index in [0.29, 0.717) is 17.1 Å². The zero-order chi connectivity index (χ0) is 19.1. The predicted octanol–water partition coefficient (Wildman–Crippen LogP) is 5.44. The van der Waals surface area contributed by atoms with Crippen LogP contribution in [0.4, 0.5) is 10.3 Å². The third-order valence-corrected chi connectivity index (χ3v) is 4.79. The smallest absolute Gasteiger partial charge is 0.201 e. The van der Waals surface area contributed by atoms with Crippen LogP contribution in [0.2, 0.25) is 0 Å². The van der Waals surface area contributed by atoms with Gasteiger partial charge in [-0.1, -0.05) is 13.8 Å². The van der Waals surface area contributed by atoms with Gasteiger partial charge in [0.2, 0.25) is 5.95 Å². The SMILES string of the molecule is Cc1c(C(Nc2nc3ccc(C#N)cc3[nH]2)C(C)C)oc2ccc(F)cc12. The van der Waals surface area contributed by atoms with Gasteiger partial charge in [-0.3, -0.25) is 0 Å². The summed E-state index contributed by atoms with van der Waals surface area (Å²) in [6.45, 7) is 6.11. The van der Waals surface area contributed by atoms with Crippen LogP contribution >= 0.6 is 0 Å². The number of hydrogen-bond donors (Lipinski definition) is 2. The highest BCUT2D eigenvalue weighted by molar-refractivity contribution is 5.82. The van der Waals surface area contributed by atoms with Crippen LogP contribution in [0.1, 0.15) is 36.8 Å². The van der Waals surface area contributed by atoms with E-state index >= 15 is 0 Å². The van der Waals surface area contributed by atoms with Crippen molar-refractivity contribution >= 4 is 28.0 Å². The minimum absolute atomic E-state index is 0.142. The molecule has 4 rings (SSSR count). The van der Waals surface area contributed by atoms with Gasteiger partial charge in [0.15, 0.2) is 0 Å². The molecule has 0 bridgehead atoms. The molecule has 5 nitrogen and oxygen atoms in total. The van der Waals surface area contributed by atoms with Crippen molar-refractivity contribution in [2.24, 2.45) is 5.92 Å². The molecule has 0 amide bonds. The standard InChI is InChI=1S/C21H19FN4O/c1-11(2)19(20-12(3)15-9-14(22)5-7-18(15)27-20)26-21-24-16-6-4-13(10-23)8-17(16)25-21/h4-9,11,19H,1-3H3,(H2,24,25,26). The first kappa shape index (κ1) is 17.1. The molecule has 0 spiro atoms. The summed E-state index contributed by atoms with van der Waals surface area (Å²) in [6, 6.07) is 11.9. The third-order valence-electron chi connectivity index (χ3n) is 4.79. The molecule has 4 aromatic rings. The average molecular weight is 362 g/mol. The molecule has 2 aromatic heterocycles. The number of imidazole rings is 1. The van der Waals surface area contributed by atoms with Gasteiger partial charge in [0, 0.05) is 10.9 Å². The molecule has 136 valence electrons. The Morgan fingerprint density at radius 2 is 2.04 bits per heavy atom. The lowest BCUT2D eigenvalue weighted by Crippen LogP contribution is -2.17. The third kappa shape index (κ3) is 3.02. The second kappa shape index (κ2) is 6.44. The molecule has 1 unspecified atom stereocenters. The molecule has 0 fully saturated rings. The molecule has 0 saturated heterocycles. The van der Waals surface area contributed by atoms with Gasteiger partial charge in [0.25, 0.3) is 0 Å². The number of furan rings is 1. The van der Waals surface area contributed by atoms with Gasteiger partial charge >= 0.3 is 0 Å². The molecule has 0 saturated carbocycles. The molecule has 2 heterocycles. The summed E-state index contributed by atoms with van der Waals surface area (Å²) < 4.78 is 19.7. The van der Waals surface area contributed by atoms with Gasteiger partial charge < -0.3 is 14.7 Å². The highest BCUT2D eigenvalue weighted by Gasteiger charge is 2.24. The summed E-state index contributed by atoms with van der Waals surface area (Å²) in [5.41, 5.74) is 3.73. The molecule has 0 aliphatic carbocycles. The van der Waals surface area contributed by atoms with Crippen molar-refractivity contribution in [2.75, 3.05) is 5.32 Å². The summed E-state index contributed by atoms with van der Waals surface area (Å²) >= 11 is 0. The first-order chi connectivity index (χ1) is 13.0. The first-order valence-corrected chi connectivity index (χ1v) is 8.81. The van der Waals surface area contributed by atoms with Gasteiger partial charge in [-0.25, -0.2) is 9.37 Å². The number of halogens is 1. The fraction of sp³-hybridized carbons (Fsp3) is 0.238. The number of nitrogens with one attached hydrogen (secondary N) is 2. The Hall–Kier alpha value is -3.33. The van der Waals surface area contributed by atoms with Crippen LogP contribution in [-0.2, 0) is 0 Å². The highest BCUT2D eigenvalue weighted by atomic mass is 19.1. The normalized spacial score (nSPS) is 12.6. The second-order valence-corrected chi connectivity index (χ2v) is 7.03. The molecular formula is C21H19FN4O. The molecule has 0 aliphatic heterocycles. The quantitative estimate of drug-likeness (QED) is 0.507. The Morgan fingerprint density at radius 1 is 1.22 bits per heavy atom. The zero-order valence-corrected chi connectivity index (χ0v) is 15.3. The molecule has 0 radical (unpaired) electrons. The van der Waals surface area contributed by atoms with E-state index in [9.17, 15) is 4.39 Å². The van der Waals surface area contributed by atoms with E-state index in [0.717, 1.165) is 27.7 Å². The fourth-order valence-corrected chi connectivity index (χ4v) is 3.34. The molecule has 27 heavy (non-hydrogen) atoms. The lowest BCUT2D eigenvalue weighted by molar-refractivity contribution is 0.435. The average Bonchev–Trinajstić information content (AvgIpc) is 3.19. The predicted molar refractivity (Wildman–Crippen MR) is 103 cm³/mol. The molecule has 1 atom stereocenters. The van der Waals surface area contributed by atoms with E-state index in [1.165, 1.54) is 12.1 Å². The number of rotatable bonds is 4. The number of hydrogen-bond acceptors (Lipinski definition) is 4. The number of anilines is 1. The Labute approximate surface area is 155 Å². The molecule has 2 N–H and O–H groups in total. The van der Waals surface area contributed by atoms with Crippen molar-refractivity contribution in [3.63, 3.8) is 0 Å². The Morgan fingerprint density at radius 3 is 2.78 bits per heavy atom. The largest absolute Gasteiger partial charge is 0.459 e. The van der Waals surface area contributed by atoms with E-state index in [1.807, 2.05) is 13.0 Å². The number of aromatic nitrogens is 2. The van der Waals surface area contributed by atoms with Gasteiger partial charge in [0.1, 0.15) is 17.2 Å². The maximum atomic E-state index is 13.6. The van der Waals surface area contributed by atoms with E-state index in [4.69, 9.17) is 9.68 Å². The topological polar surface area (TPSA) is 77.6 Å². The summed E-state index contributed by atoms with van der Waals surface area (Å²) in [6.07, 6.45) is 0. The van der Waals surface area contributed by atoms with Crippen LogP contribution in [0.3, 0.4) is 0 Å². The fourth-order valence-electron chi connectivity index (χ4n) is 3.34. The van der Waals surface area contributed by atoms with Crippen molar-refractivity contribution in [3.8, 4) is 6.07 Å². The number of aromatic amines is 1. The zero-order valence-electron chi connectivity index (χ0n) is 15.3. The van der Waals surface area contributed by atoms with E-state index < -0.39 is 0 Å². The van der Waals surface area contributed by atoms with Crippen LogP contribution in [-0.4, -0.2) is 9.97 Å². The maximum Gasteiger partial charge on any atom is 0.201 e. The van der Waals surface area contributed by atoms with Gasteiger partial charge in [-0.2, -0.15) is 5.26 Å². The monoisotopic (exact) mass is 362 g/mol. The van der Waals surface area contributed by atoms with Crippen LogP contribution in [0, 0.1) is 30.0 Å². The molecule has 2 aromatic carbocycles. The summed E-state index contributed by atoms with van der Waals surface area (Å²) in [7, 11) is 0.